The Balaban J connectivity index is 1.44. The van der Waals surface area contributed by atoms with Crippen LogP contribution >= 0.6 is 34.7 Å². The Morgan fingerprint density at radius 1 is 1.18 bits per heavy atom. The van der Waals surface area contributed by atoms with E-state index in [2.05, 4.69) is 22.1 Å². The summed E-state index contributed by atoms with van der Waals surface area (Å²) in [5.74, 6) is 0.0956. The largest absolute Gasteiger partial charge is 0.497 e. The molecule has 2 aromatic carbocycles. The Morgan fingerprint density at radius 2 is 1.93 bits per heavy atom. The molecular formula is C27H24ClFN4O5S2. The fourth-order valence-corrected chi connectivity index (χ4v) is 5.50. The summed E-state index contributed by atoms with van der Waals surface area (Å²) in [7, 11) is 2.86. The van der Waals surface area contributed by atoms with E-state index in [1.54, 1.807) is 35.3 Å². The lowest BCUT2D eigenvalue weighted by Crippen LogP contribution is -2.16. The van der Waals surface area contributed by atoms with Gasteiger partial charge in [-0.1, -0.05) is 41.6 Å². The van der Waals surface area contributed by atoms with Crippen molar-refractivity contribution in [3.63, 3.8) is 0 Å². The van der Waals surface area contributed by atoms with E-state index in [0.717, 1.165) is 5.56 Å². The molecule has 4 rings (SSSR count). The molecule has 0 saturated heterocycles. The van der Waals surface area contributed by atoms with E-state index < -0.39 is 11.8 Å². The molecule has 1 amide bonds. The smallest absolute Gasteiger partial charge is 0.341 e. The van der Waals surface area contributed by atoms with Crippen molar-refractivity contribution in [3.8, 4) is 22.6 Å². The number of hydrogen-bond acceptors (Lipinski definition) is 9. The van der Waals surface area contributed by atoms with E-state index in [-0.39, 0.29) is 28.9 Å². The minimum Gasteiger partial charge on any atom is -0.497 e. The number of thiophene rings is 1. The van der Waals surface area contributed by atoms with Gasteiger partial charge in [-0.15, -0.1) is 28.1 Å². The molecule has 0 aliphatic rings. The first-order valence-corrected chi connectivity index (χ1v) is 14.0. The molecule has 40 heavy (non-hydrogen) atoms. The molecule has 0 saturated carbocycles. The Hall–Kier alpha value is -3.87. The van der Waals surface area contributed by atoms with Gasteiger partial charge in [0.05, 0.1) is 25.0 Å². The molecule has 0 atom stereocenters. The molecule has 1 N–H and O–H groups in total. The van der Waals surface area contributed by atoms with E-state index in [9.17, 15) is 14.0 Å². The third kappa shape index (κ3) is 6.82. The molecule has 13 heteroatoms. The number of amides is 1. The number of carbonyl (C=O) groups excluding carboxylic acids is 2. The van der Waals surface area contributed by atoms with Crippen LogP contribution in [0.5, 0.6) is 11.5 Å². The number of carbonyl (C=O) groups is 2. The van der Waals surface area contributed by atoms with Crippen molar-refractivity contribution in [3.05, 3.63) is 82.7 Å². The van der Waals surface area contributed by atoms with Gasteiger partial charge in [0.25, 0.3) is 0 Å². The second-order valence-electron chi connectivity index (χ2n) is 8.07. The molecule has 0 radical (unpaired) electrons. The summed E-state index contributed by atoms with van der Waals surface area (Å²) >= 11 is 8.21. The first kappa shape index (κ1) is 29.1. The SMILES string of the molecule is C=CCn1c(COc2ccc(F)c(Cl)c2)nnc1SCC(=O)Nc1scc(-c2ccc(OC)cc2)c1C(=O)OC. The zero-order valence-corrected chi connectivity index (χ0v) is 23.9. The van der Waals surface area contributed by atoms with Crippen molar-refractivity contribution < 1.29 is 28.2 Å². The lowest BCUT2D eigenvalue weighted by atomic mass is 10.0. The van der Waals surface area contributed by atoms with Crippen LogP contribution in [0.3, 0.4) is 0 Å². The summed E-state index contributed by atoms with van der Waals surface area (Å²) in [5.41, 5.74) is 1.69. The highest BCUT2D eigenvalue weighted by Gasteiger charge is 2.23. The third-order valence-corrected chi connectivity index (χ3v) is 7.68. The molecule has 0 aliphatic heterocycles. The minimum absolute atomic E-state index is 0.0000845. The number of halogens is 2. The van der Waals surface area contributed by atoms with Crippen LogP contribution in [0.25, 0.3) is 11.1 Å². The van der Waals surface area contributed by atoms with Gasteiger partial charge in [-0.3, -0.25) is 9.36 Å². The average molecular weight is 603 g/mol. The predicted octanol–water partition coefficient (Wildman–Crippen LogP) is 6.09. The van der Waals surface area contributed by atoms with Gasteiger partial charge in [-0.2, -0.15) is 0 Å². The summed E-state index contributed by atoms with van der Waals surface area (Å²) in [6.45, 7) is 4.19. The Morgan fingerprint density at radius 3 is 2.60 bits per heavy atom. The van der Waals surface area contributed by atoms with E-state index in [1.807, 2.05) is 12.1 Å². The van der Waals surface area contributed by atoms with Crippen LogP contribution in [-0.2, 0) is 22.7 Å². The quantitative estimate of drug-likeness (QED) is 0.118. The maximum atomic E-state index is 13.4. The molecular weight excluding hydrogens is 579 g/mol. The van der Waals surface area contributed by atoms with E-state index in [1.165, 1.54) is 48.4 Å². The summed E-state index contributed by atoms with van der Waals surface area (Å²) < 4.78 is 31.0. The molecule has 2 heterocycles. The highest BCUT2D eigenvalue weighted by Crippen LogP contribution is 2.37. The molecule has 4 aromatic rings. The molecule has 0 bridgehead atoms. The third-order valence-electron chi connectivity index (χ3n) is 5.53. The number of aromatic nitrogens is 3. The average Bonchev–Trinajstić information content (AvgIpc) is 3.56. The maximum absolute atomic E-state index is 13.4. The lowest BCUT2D eigenvalue weighted by molar-refractivity contribution is -0.113. The highest BCUT2D eigenvalue weighted by molar-refractivity contribution is 7.99. The second-order valence-corrected chi connectivity index (χ2v) is 10.3. The van der Waals surface area contributed by atoms with Gasteiger partial charge in [0.2, 0.25) is 5.91 Å². The normalized spacial score (nSPS) is 10.7. The highest BCUT2D eigenvalue weighted by atomic mass is 35.5. The molecule has 9 nitrogen and oxygen atoms in total. The van der Waals surface area contributed by atoms with Crippen LogP contribution in [-0.4, -0.2) is 46.6 Å². The van der Waals surface area contributed by atoms with Crippen molar-refractivity contribution in [2.75, 3.05) is 25.3 Å². The van der Waals surface area contributed by atoms with Crippen LogP contribution in [0, 0.1) is 5.82 Å². The zero-order chi connectivity index (χ0) is 28.6. The number of anilines is 1. The van der Waals surface area contributed by atoms with Crippen molar-refractivity contribution in [1.29, 1.82) is 0 Å². The van der Waals surface area contributed by atoms with Gasteiger partial charge < -0.3 is 19.5 Å². The molecule has 0 fully saturated rings. The van der Waals surface area contributed by atoms with Gasteiger partial charge in [0.15, 0.2) is 11.0 Å². The number of esters is 1. The van der Waals surface area contributed by atoms with Crippen LogP contribution in [0.15, 0.2) is 65.7 Å². The number of nitrogens with one attached hydrogen (secondary N) is 1. The molecule has 208 valence electrons. The van der Waals surface area contributed by atoms with Crippen molar-refractivity contribution >= 4 is 51.6 Å². The summed E-state index contributed by atoms with van der Waals surface area (Å²) in [6, 6.07) is 11.3. The summed E-state index contributed by atoms with van der Waals surface area (Å²) in [6.07, 6.45) is 1.67. The topological polar surface area (TPSA) is 105 Å². The predicted molar refractivity (Wildman–Crippen MR) is 153 cm³/mol. The molecule has 2 aromatic heterocycles. The zero-order valence-electron chi connectivity index (χ0n) is 21.5. The Labute approximate surface area is 242 Å². The van der Waals surface area contributed by atoms with Crippen LogP contribution in [0.2, 0.25) is 5.02 Å². The lowest BCUT2D eigenvalue weighted by Gasteiger charge is -2.10. The summed E-state index contributed by atoms with van der Waals surface area (Å²) in [4.78, 5) is 25.5. The van der Waals surface area contributed by atoms with Gasteiger partial charge in [-0.25, -0.2) is 9.18 Å². The van der Waals surface area contributed by atoms with E-state index >= 15 is 0 Å². The fraction of sp³-hybridized carbons (Fsp3) is 0.185. The molecule has 0 aliphatic carbocycles. The van der Waals surface area contributed by atoms with Crippen molar-refractivity contribution in [1.82, 2.24) is 14.8 Å². The standard InChI is InChI=1S/C27H24ClFN4O5S2/c1-4-11-33-22(13-38-18-9-10-21(29)20(28)12-18)31-32-27(33)40-15-23(34)30-25-24(26(35)37-3)19(14-39-25)16-5-7-17(36-2)8-6-16/h4-10,12,14H,1,11,13,15H2,2-3H3,(H,30,34). The first-order chi connectivity index (χ1) is 19.3. The number of rotatable bonds is 12. The van der Waals surface area contributed by atoms with E-state index in [0.29, 0.717) is 39.6 Å². The number of methoxy groups -OCH3 is 2. The van der Waals surface area contributed by atoms with Gasteiger partial charge in [0.1, 0.15) is 34.5 Å². The number of allylic oxidation sites excluding steroid dienone is 1. The van der Waals surface area contributed by atoms with Crippen LogP contribution in [0.1, 0.15) is 16.2 Å². The number of thioether (sulfide) groups is 1. The number of benzene rings is 2. The first-order valence-electron chi connectivity index (χ1n) is 11.7. The van der Waals surface area contributed by atoms with Crippen molar-refractivity contribution in [2.45, 2.75) is 18.3 Å². The van der Waals surface area contributed by atoms with Crippen molar-refractivity contribution in [2.24, 2.45) is 0 Å². The summed E-state index contributed by atoms with van der Waals surface area (Å²) in [5, 5.41) is 13.7. The maximum Gasteiger partial charge on any atom is 0.341 e. The Kier molecular flexibility index (Phi) is 9.80. The number of nitrogens with zero attached hydrogens (tertiary/aromatic N) is 3. The monoisotopic (exact) mass is 602 g/mol. The van der Waals surface area contributed by atoms with E-state index in [4.69, 9.17) is 25.8 Å². The fourth-order valence-electron chi connectivity index (χ4n) is 3.59. The molecule has 0 spiro atoms. The Bertz CT molecular complexity index is 1520. The van der Waals surface area contributed by atoms with Gasteiger partial charge in [0, 0.05) is 23.6 Å². The van der Waals surface area contributed by atoms with Gasteiger partial charge in [-0.05, 0) is 29.8 Å². The number of hydrogen-bond donors (Lipinski definition) is 1. The minimum atomic E-state index is -0.562. The second kappa shape index (κ2) is 13.5. The van der Waals surface area contributed by atoms with Crippen LogP contribution in [0.4, 0.5) is 9.39 Å². The van der Waals surface area contributed by atoms with Gasteiger partial charge >= 0.3 is 5.97 Å². The number of ether oxygens (including phenoxy) is 3. The van der Waals surface area contributed by atoms with Crippen LogP contribution < -0.4 is 14.8 Å². The molecule has 0 unspecified atom stereocenters.